The summed E-state index contributed by atoms with van der Waals surface area (Å²) in [5.41, 5.74) is 0.755. The molecule has 0 bridgehead atoms. The third-order valence-electron chi connectivity index (χ3n) is 5.98. The minimum Gasteiger partial charge on any atom is -0.492 e. The van der Waals surface area contributed by atoms with Crippen LogP contribution < -0.4 is 9.64 Å². The molecule has 0 aliphatic carbocycles. The van der Waals surface area contributed by atoms with Gasteiger partial charge in [-0.15, -0.1) is 11.3 Å². The molecule has 1 amide bonds. The van der Waals surface area contributed by atoms with Gasteiger partial charge in [0.05, 0.1) is 17.2 Å². The van der Waals surface area contributed by atoms with E-state index in [-0.39, 0.29) is 12.5 Å². The van der Waals surface area contributed by atoms with E-state index in [1.807, 2.05) is 39.2 Å². The number of rotatable bonds is 10. The second-order valence-electron chi connectivity index (χ2n) is 8.81. The fourth-order valence-corrected chi connectivity index (χ4v) is 7.95. The highest BCUT2D eigenvalue weighted by molar-refractivity contribution is 7.91. The lowest BCUT2D eigenvalue weighted by Gasteiger charge is -2.33. The first-order valence-corrected chi connectivity index (χ1v) is 15.0. The Bertz CT molecular complexity index is 1240. The van der Waals surface area contributed by atoms with E-state index in [1.54, 1.807) is 22.4 Å². The van der Waals surface area contributed by atoms with E-state index in [0.717, 1.165) is 23.2 Å². The maximum absolute atomic E-state index is 13.8. The molecule has 1 saturated heterocycles. The minimum atomic E-state index is -3.59. The average molecular weight is 537 g/mol. The number of piperidine rings is 1. The van der Waals surface area contributed by atoms with E-state index in [2.05, 4.69) is 4.90 Å². The van der Waals surface area contributed by atoms with Crippen molar-refractivity contribution < 1.29 is 17.9 Å². The van der Waals surface area contributed by atoms with E-state index >= 15 is 0 Å². The number of fused-ring (bicyclic) bond motifs is 1. The van der Waals surface area contributed by atoms with Crippen molar-refractivity contribution in [3.05, 3.63) is 35.7 Å². The molecule has 1 unspecified atom stereocenters. The molecular weight excluding hydrogens is 504 g/mol. The van der Waals surface area contributed by atoms with Gasteiger partial charge in [-0.25, -0.2) is 13.4 Å². The fourth-order valence-electron chi connectivity index (χ4n) is 4.26. The highest BCUT2D eigenvalue weighted by Crippen LogP contribution is 2.36. The fraction of sp³-hybridized carbons (Fsp3) is 0.500. The molecule has 35 heavy (non-hydrogen) atoms. The number of sulfonamides is 1. The van der Waals surface area contributed by atoms with Gasteiger partial charge in [0.2, 0.25) is 5.91 Å². The molecule has 0 spiro atoms. The Hall–Kier alpha value is -2.05. The lowest BCUT2D eigenvalue weighted by atomic mass is 9.98. The van der Waals surface area contributed by atoms with Crippen molar-refractivity contribution in [2.45, 2.75) is 30.4 Å². The zero-order chi connectivity index (χ0) is 25.0. The normalized spacial score (nSPS) is 17.2. The van der Waals surface area contributed by atoms with E-state index in [9.17, 15) is 13.2 Å². The summed E-state index contributed by atoms with van der Waals surface area (Å²) in [4.78, 5) is 22.5. The quantitative estimate of drug-likeness (QED) is 0.387. The van der Waals surface area contributed by atoms with Crippen LogP contribution in [-0.4, -0.2) is 75.4 Å². The van der Waals surface area contributed by atoms with E-state index in [0.29, 0.717) is 47.6 Å². The van der Waals surface area contributed by atoms with Gasteiger partial charge in [-0.1, -0.05) is 23.5 Å². The first kappa shape index (κ1) is 26.0. The van der Waals surface area contributed by atoms with Crippen LogP contribution >= 0.6 is 22.7 Å². The average Bonchev–Trinajstić information content (AvgIpc) is 3.53. The van der Waals surface area contributed by atoms with Crippen molar-refractivity contribution >= 4 is 54.0 Å². The summed E-state index contributed by atoms with van der Waals surface area (Å²) in [6, 6.07) is 9.16. The van der Waals surface area contributed by atoms with Crippen LogP contribution in [0.1, 0.15) is 26.2 Å². The number of carbonyl (C=O) groups is 1. The van der Waals surface area contributed by atoms with Crippen LogP contribution in [0.2, 0.25) is 0 Å². The first-order chi connectivity index (χ1) is 16.8. The van der Waals surface area contributed by atoms with Crippen LogP contribution in [0.25, 0.3) is 10.2 Å². The maximum atomic E-state index is 13.8. The second-order valence-corrected chi connectivity index (χ2v) is 12.9. The van der Waals surface area contributed by atoms with Crippen LogP contribution in [0, 0.1) is 5.92 Å². The number of amides is 1. The lowest BCUT2D eigenvalue weighted by molar-refractivity contribution is -0.123. The van der Waals surface area contributed by atoms with Gasteiger partial charge in [-0.2, -0.15) is 4.31 Å². The number of ether oxygens (including phenoxy) is 1. The van der Waals surface area contributed by atoms with Gasteiger partial charge in [-0.3, -0.25) is 9.69 Å². The summed E-state index contributed by atoms with van der Waals surface area (Å²) in [7, 11) is 0.422. The van der Waals surface area contributed by atoms with Gasteiger partial charge >= 0.3 is 0 Å². The van der Waals surface area contributed by atoms with Crippen molar-refractivity contribution in [1.82, 2.24) is 14.2 Å². The molecule has 0 saturated carbocycles. The SMILES string of the molecule is CCOc1cccc2sc(N(CCCN(C)C)C(=O)C3CCCN(S(=O)(=O)c4cccs4)C3)nc12. The Balaban J connectivity index is 1.60. The topological polar surface area (TPSA) is 83.0 Å². The van der Waals surface area contributed by atoms with Crippen LogP contribution in [0.5, 0.6) is 5.75 Å². The molecule has 1 aromatic carbocycles. The van der Waals surface area contributed by atoms with Crippen LogP contribution in [0.4, 0.5) is 5.13 Å². The standard InChI is InChI=1S/C24H32N4O4S3/c1-4-32-19-10-5-11-20-22(19)25-24(34-20)28(15-8-13-26(2)3)23(29)18-9-6-14-27(17-18)35(30,31)21-12-7-16-33-21/h5,7,10-12,16,18H,4,6,8-9,13-15,17H2,1-3H3. The van der Waals surface area contributed by atoms with Crippen molar-refractivity contribution in [3.8, 4) is 5.75 Å². The molecule has 11 heteroatoms. The molecule has 190 valence electrons. The van der Waals surface area contributed by atoms with Crippen molar-refractivity contribution in [3.63, 3.8) is 0 Å². The highest BCUT2D eigenvalue weighted by atomic mass is 32.2. The first-order valence-electron chi connectivity index (χ1n) is 11.8. The molecule has 1 atom stereocenters. The van der Waals surface area contributed by atoms with Gasteiger partial charge in [0, 0.05) is 19.6 Å². The van der Waals surface area contributed by atoms with Gasteiger partial charge < -0.3 is 9.64 Å². The molecule has 1 aliphatic rings. The Morgan fingerprint density at radius 1 is 1.23 bits per heavy atom. The number of thiophene rings is 1. The number of para-hydroxylation sites is 1. The third kappa shape index (κ3) is 5.86. The number of anilines is 1. The van der Waals surface area contributed by atoms with Gasteiger partial charge in [0.1, 0.15) is 15.5 Å². The molecule has 1 fully saturated rings. The number of hydrogen-bond donors (Lipinski definition) is 0. The molecule has 1 aliphatic heterocycles. The molecule has 3 aromatic rings. The number of aromatic nitrogens is 1. The molecule has 0 radical (unpaired) electrons. The number of carbonyl (C=O) groups excluding carboxylic acids is 1. The maximum Gasteiger partial charge on any atom is 0.252 e. The Kier molecular flexibility index (Phi) is 8.43. The number of thiazole rings is 1. The minimum absolute atomic E-state index is 0.0631. The Morgan fingerprint density at radius 3 is 2.77 bits per heavy atom. The number of hydrogen-bond acceptors (Lipinski definition) is 8. The number of nitrogens with zero attached hydrogens (tertiary/aromatic N) is 4. The molecule has 2 aromatic heterocycles. The number of benzene rings is 1. The molecule has 4 rings (SSSR count). The molecular formula is C24H32N4O4S3. The van der Waals surface area contributed by atoms with Crippen LogP contribution in [0.3, 0.4) is 0 Å². The second kappa shape index (κ2) is 11.3. The predicted octanol–water partition coefficient (Wildman–Crippen LogP) is 4.14. The smallest absolute Gasteiger partial charge is 0.252 e. The van der Waals surface area contributed by atoms with E-state index in [1.165, 1.54) is 27.0 Å². The zero-order valence-corrected chi connectivity index (χ0v) is 22.8. The lowest BCUT2D eigenvalue weighted by Crippen LogP contribution is -2.47. The zero-order valence-electron chi connectivity index (χ0n) is 20.3. The van der Waals surface area contributed by atoms with E-state index < -0.39 is 15.9 Å². The summed E-state index contributed by atoms with van der Waals surface area (Å²) >= 11 is 2.68. The third-order valence-corrected chi connectivity index (χ3v) is 10.3. The summed E-state index contributed by atoms with van der Waals surface area (Å²) in [5.74, 6) is 0.238. The summed E-state index contributed by atoms with van der Waals surface area (Å²) in [5, 5.41) is 2.39. The highest BCUT2D eigenvalue weighted by Gasteiger charge is 2.36. The van der Waals surface area contributed by atoms with E-state index in [4.69, 9.17) is 9.72 Å². The molecule has 0 N–H and O–H groups in total. The van der Waals surface area contributed by atoms with Crippen LogP contribution in [-0.2, 0) is 14.8 Å². The van der Waals surface area contributed by atoms with Crippen molar-refractivity contribution in [2.24, 2.45) is 5.92 Å². The summed E-state index contributed by atoms with van der Waals surface area (Å²) < 4.78 is 34.7. The van der Waals surface area contributed by atoms with Crippen molar-refractivity contribution in [2.75, 3.05) is 51.8 Å². The van der Waals surface area contributed by atoms with Crippen LogP contribution in [0.15, 0.2) is 39.9 Å². The summed E-state index contributed by atoms with van der Waals surface area (Å²) in [6.07, 6.45) is 2.10. The van der Waals surface area contributed by atoms with Gasteiger partial charge in [-0.05, 0) is 70.4 Å². The van der Waals surface area contributed by atoms with Crippen molar-refractivity contribution in [1.29, 1.82) is 0 Å². The van der Waals surface area contributed by atoms with Gasteiger partial charge in [0.25, 0.3) is 10.0 Å². The molecule has 3 heterocycles. The Morgan fingerprint density at radius 2 is 2.06 bits per heavy atom. The monoisotopic (exact) mass is 536 g/mol. The largest absolute Gasteiger partial charge is 0.492 e. The molecule has 8 nitrogen and oxygen atoms in total. The Labute approximate surface area is 215 Å². The van der Waals surface area contributed by atoms with Gasteiger partial charge in [0.15, 0.2) is 5.13 Å². The summed E-state index contributed by atoms with van der Waals surface area (Å²) in [6.45, 7) is 4.45. The predicted molar refractivity (Wildman–Crippen MR) is 142 cm³/mol.